The van der Waals surface area contributed by atoms with Crippen molar-refractivity contribution in [2.45, 2.75) is 0 Å². The maximum Gasteiger partial charge on any atom is 0.263 e. The van der Waals surface area contributed by atoms with Crippen molar-refractivity contribution in [3.05, 3.63) is 47.5 Å². The first-order valence-corrected chi connectivity index (χ1v) is 8.43. The number of rotatable bonds is 6. The molecule has 1 amide bonds. The lowest BCUT2D eigenvalue weighted by Gasteiger charge is -2.09. The fourth-order valence-corrected chi connectivity index (χ4v) is 3.27. The van der Waals surface area contributed by atoms with Crippen LogP contribution >= 0.6 is 11.3 Å². The summed E-state index contributed by atoms with van der Waals surface area (Å²) in [5.74, 6) is -2.43. The summed E-state index contributed by atoms with van der Waals surface area (Å²) in [5.41, 5.74) is -0.0131. The molecule has 0 aliphatic rings. The minimum atomic E-state index is -1.01. The normalized spacial score (nSPS) is 10.8. The van der Waals surface area contributed by atoms with Gasteiger partial charge in [0.05, 0.1) is 18.4 Å². The highest BCUT2D eigenvalue weighted by molar-refractivity contribution is 7.22. The topological polar surface area (TPSA) is 83.5 Å². The Labute approximate surface area is 151 Å². The van der Waals surface area contributed by atoms with Gasteiger partial charge in [-0.1, -0.05) is 17.4 Å². The van der Waals surface area contributed by atoms with Crippen molar-refractivity contribution in [1.82, 2.24) is 4.98 Å². The van der Waals surface area contributed by atoms with Gasteiger partial charge in [-0.15, -0.1) is 0 Å². The molecule has 0 bridgehead atoms. The van der Waals surface area contributed by atoms with Gasteiger partial charge in [-0.05, 0) is 24.3 Å². The summed E-state index contributed by atoms with van der Waals surface area (Å²) < 4.78 is 34.3. The zero-order valence-electron chi connectivity index (χ0n) is 13.7. The zero-order valence-corrected chi connectivity index (χ0v) is 14.5. The average Bonchev–Trinajstić information content (AvgIpc) is 3.01. The van der Waals surface area contributed by atoms with Crippen molar-refractivity contribution in [3.63, 3.8) is 0 Å². The lowest BCUT2D eigenvalue weighted by molar-refractivity contribution is 0.101. The number of methoxy groups -OCH3 is 1. The predicted octanol–water partition coefficient (Wildman–Crippen LogP) is 3.24. The van der Waals surface area contributed by atoms with Gasteiger partial charge in [-0.25, -0.2) is 13.8 Å². The maximum atomic E-state index is 14.2. The van der Waals surface area contributed by atoms with E-state index in [1.165, 1.54) is 18.4 Å². The molecule has 9 heteroatoms. The van der Waals surface area contributed by atoms with Crippen LogP contribution in [0.1, 0.15) is 10.4 Å². The lowest BCUT2D eigenvalue weighted by Crippen LogP contribution is -2.16. The summed E-state index contributed by atoms with van der Waals surface area (Å²) in [7, 11) is 1.50. The molecule has 0 fully saturated rings. The number of carbonyl (C=O) groups is 1. The highest BCUT2D eigenvalue weighted by Gasteiger charge is 2.20. The van der Waals surface area contributed by atoms with Crippen molar-refractivity contribution in [1.29, 1.82) is 0 Å². The predicted molar refractivity (Wildman–Crippen MR) is 96.1 cm³/mol. The van der Waals surface area contributed by atoms with E-state index in [1.54, 1.807) is 18.2 Å². The lowest BCUT2D eigenvalue weighted by atomic mass is 10.1. The number of ether oxygens (including phenoxy) is 1. The fourth-order valence-electron chi connectivity index (χ4n) is 2.39. The smallest absolute Gasteiger partial charge is 0.263 e. The summed E-state index contributed by atoms with van der Waals surface area (Å²) >= 11 is 1.17. The Hall–Kier alpha value is -2.78. The number of fused-ring (bicyclic) bond motifs is 1. The zero-order chi connectivity index (χ0) is 18.7. The van der Waals surface area contributed by atoms with Crippen LogP contribution in [0.2, 0.25) is 0 Å². The molecule has 3 rings (SSSR count). The second-order valence-electron chi connectivity index (χ2n) is 5.25. The minimum absolute atomic E-state index is 0.135. The summed E-state index contributed by atoms with van der Waals surface area (Å²) in [6.07, 6.45) is 0. The quantitative estimate of drug-likeness (QED) is 0.612. The van der Waals surface area contributed by atoms with E-state index in [4.69, 9.17) is 9.84 Å². The van der Waals surface area contributed by atoms with Gasteiger partial charge < -0.3 is 15.2 Å². The molecule has 6 nitrogen and oxygen atoms in total. The molecule has 0 aliphatic carbocycles. The van der Waals surface area contributed by atoms with Gasteiger partial charge in [0.2, 0.25) is 0 Å². The molecule has 0 radical (unpaired) electrons. The van der Waals surface area contributed by atoms with E-state index in [9.17, 15) is 13.6 Å². The maximum absolute atomic E-state index is 14.2. The molecule has 0 unspecified atom stereocenters. The number of amides is 1. The molecule has 1 aromatic heterocycles. The Morgan fingerprint density at radius 3 is 2.69 bits per heavy atom. The van der Waals surface area contributed by atoms with E-state index in [0.717, 1.165) is 16.8 Å². The highest BCUT2D eigenvalue weighted by atomic mass is 32.1. The number of aliphatic hydroxyl groups is 1. The Morgan fingerprint density at radius 2 is 2.04 bits per heavy atom. The molecule has 0 saturated carbocycles. The van der Waals surface area contributed by atoms with Crippen molar-refractivity contribution in [2.75, 3.05) is 30.9 Å². The molecule has 0 saturated heterocycles. The fraction of sp³-hybridized carbons (Fsp3) is 0.176. The number of hydrogen-bond acceptors (Lipinski definition) is 6. The van der Waals surface area contributed by atoms with Gasteiger partial charge in [0.1, 0.15) is 28.5 Å². The van der Waals surface area contributed by atoms with Gasteiger partial charge in [0.25, 0.3) is 5.91 Å². The number of anilines is 2. The summed E-state index contributed by atoms with van der Waals surface area (Å²) in [4.78, 5) is 16.5. The first-order valence-electron chi connectivity index (χ1n) is 7.62. The standard InChI is InChI=1S/C17H15F2N3O3S/c1-25-12-3-2-4-13-15(12)21-17(26-13)22-16(24)14-10(18)7-9(8-11(14)19)20-5-6-23/h2-4,7-8,20,23H,5-6H2,1H3,(H,21,22,24). The highest BCUT2D eigenvalue weighted by Crippen LogP contribution is 2.32. The van der Waals surface area contributed by atoms with Crippen LogP contribution in [0.5, 0.6) is 5.75 Å². The van der Waals surface area contributed by atoms with Crippen molar-refractivity contribution < 1.29 is 23.4 Å². The molecule has 0 spiro atoms. The number of aromatic nitrogens is 1. The van der Waals surface area contributed by atoms with E-state index in [-0.39, 0.29) is 24.0 Å². The SMILES string of the molecule is COc1cccc2sc(NC(=O)c3c(F)cc(NCCO)cc3F)nc12. The number of thiazole rings is 1. The Balaban J connectivity index is 1.86. The van der Waals surface area contributed by atoms with Crippen molar-refractivity contribution >= 4 is 38.3 Å². The first-order chi connectivity index (χ1) is 12.5. The largest absolute Gasteiger partial charge is 0.494 e. The van der Waals surface area contributed by atoms with Crippen molar-refractivity contribution in [2.24, 2.45) is 0 Å². The molecule has 0 aliphatic heterocycles. The number of aliphatic hydroxyl groups excluding tert-OH is 1. The van der Waals surface area contributed by atoms with Crippen LogP contribution in [0.4, 0.5) is 19.6 Å². The number of benzene rings is 2. The Kier molecular flexibility index (Phi) is 5.29. The van der Waals surface area contributed by atoms with E-state index in [1.807, 2.05) is 0 Å². The Morgan fingerprint density at radius 1 is 1.31 bits per heavy atom. The molecule has 3 aromatic rings. The van der Waals surface area contributed by atoms with Crippen LogP contribution in [-0.2, 0) is 0 Å². The van der Waals surface area contributed by atoms with Crippen LogP contribution in [0, 0.1) is 11.6 Å². The van der Waals surface area contributed by atoms with E-state index in [0.29, 0.717) is 11.3 Å². The van der Waals surface area contributed by atoms with Crippen molar-refractivity contribution in [3.8, 4) is 5.75 Å². The molecule has 1 heterocycles. The Bertz CT molecular complexity index is 939. The number of carbonyl (C=O) groups excluding carboxylic acids is 1. The van der Waals surface area contributed by atoms with Crippen LogP contribution in [0.25, 0.3) is 10.2 Å². The molecular formula is C17H15F2N3O3S. The minimum Gasteiger partial charge on any atom is -0.494 e. The first kappa shape index (κ1) is 18.0. The third kappa shape index (κ3) is 3.58. The van der Waals surface area contributed by atoms with Gasteiger partial charge in [-0.3, -0.25) is 10.1 Å². The average molecular weight is 379 g/mol. The van der Waals surface area contributed by atoms with Gasteiger partial charge in [-0.2, -0.15) is 0 Å². The van der Waals surface area contributed by atoms with Crippen LogP contribution < -0.4 is 15.4 Å². The third-order valence-electron chi connectivity index (χ3n) is 3.53. The van der Waals surface area contributed by atoms with Gasteiger partial charge in [0.15, 0.2) is 5.13 Å². The van der Waals surface area contributed by atoms with Gasteiger partial charge >= 0.3 is 0 Å². The van der Waals surface area contributed by atoms with Crippen LogP contribution in [-0.4, -0.2) is 36.3 Å². The third-order valence-corrected chi connectivity index (χ3v) is 4.47. The molecule has 26 heavy (non-hydrogen) atoms. The molecular weight excluding hydrogens is 364 g/mol. The number of halogens is 2. The molecule has 0 atom stereocenters. The monoisotopic (exact) mass is 379 g/mol. The number of para-hydroxylation sites is 1. The second kappa shape index (κ2) is 7.63. The van der Waals surface area contributed by atoms with Crippen LogP contribution in [0.15, 0.2) is 30.3 Å². The summed E-state index contributed by atoms with van der Waals surface area (Å²) in [6.45, 7) is -0.0511. The number of nitrogens with one attached hydrogen (secondary N) is 2. The van der Waals surface area contributed by atoms with E-state index in [2.05, 4.69) is 15.6 Å². The second-order valence-corrected chi connectivity index (χ2v) is 6.28. The summed E-state index contributed by atoms with van der Waals surface area (Å²) in [6, 6.07) is 7.30. The number of nitrogens with zero attached hydrogens (tertiary/aromatic N) is 1. The van der Waals surface area contributed by atoms with Gasteiger partial charge in [0, 0.05) is 12.2 Å². The van der Waals surface area contributed by atoms with Crippen LogP contribution in [0.3, 0.4) is 0 Å². The number of hydrogen-bond donors (Lipinski definition) is 3. The van der Waals surface area contributed by atoms with E-state index < -0.39 is 23.1 Å². The summed E-state index contributed by atoms with van der Waals surface area (Å²) in [5, 5.41) is 14.0. The molecule has 136 valence electrons. The molecule has 2 aromatic carbocycles. The van der Waals surface area contributed by atoms with E-state index >= 15 is 0 Å². The molecule has 3 N–H and O–H groups in total.